The second-order valence-electron chi connectivity index (χ2n) is 13.9. The van der Waals surface area contributed by atoms with Gasteiger partial charge in [-0.15, -0.1) is 0 Å². The molecule has 0 saturated carbocycles. The molecule has 0 spiro atoms. The van der Waals surface area contributed by atoms with Gasteiger partial charge < -0.3 is 24.9 Å². The molecule has 2 aromatic carbocycles. The van der Waals surface area contributed by atoms with E-state index in [0.29, 0.717) is 48.8 Å². The first-order valence-corrected chi connectivity index (χ1v) is 18.4. The zero-order valence-corrected chi connectivity index (χ0v) is 30.2. The van der Waals surface area contributed by atoms with Crippen molar-refractivity contribution in [2.24, 2.45) is 0 Å². The van der Waals surface area contributed by atoms with Crippen LogP contribution in [0.1, 0.15) is 66.6 Å². The lowest BCUT2D eigenvalue weighted by atomic mass is 10.0. The first kappa shape index (κ1) is 35.3. The van der Waals surface area contributed by atoms with Crippen molar-refractivity contribution in [3.63, 3.8) is 0 Å². The molecule has 2 fully saturated rings. The number of nitrogens with zero attached hydrogens (tertiary/aromatic N) is 8. The largest absolute Gasteiger partial charge is 0.465 e. The molecule has 3 N–H and O–H groups in total. The van der Waals surface area contributed by atoms with Gasteiger partial charge in [0.1, 0.15) is 17.7 Å². The van der Waals surface area contributed by atoms with E-state index in [1.54, 1.807) is 60.1 Å². The zero-order chi connectivity index (χ0) is 37.9. The molecule has 14 heteroatoms. The van der Waals surface area contributed by atoms with Gasteiger partial charge in [0.15, 0.2) is 5.82 Å². The van der Waals surface area contributed by atoms with Crippen molar-refractivity contribution in [1.29, 1.82) is 0 Å². The lowest BCUT2D eigenvalue weighted by Gasteiger charge is -2.32. The number of likely N-dealkylation sites (N-methyl/N-ethyl adjacent to an activating group) is 1. The number of carbonyl (C=O) groups is 3. The fourth-order valence-corrected chi connectivity index (χ4v) is 7.60. The van der Waals surface area contributed by atoms with Crippen molar-refractivity contribution in [1.82, 2.24) is 49.6 Å². The number of nitrogens with one attached hydrogen (secondary N) is 2. The highest BCUT2D eigenvalue weighted by Gasteiger charge is 2.39. The molecule has 0 unspecified atom stereocenters. The number of H-pyrrole nitrogens is 2. The quantitative estimate of drug-likeness (QED) is 0.147. The van der Waals surface area contributed by atoms with Crippen LogP contribution in [0.15, 0.2) is 104 Å². The van der Waals surface area contributed by atoms with E-state index in [1.807, 2.05) is 53.6 Å². The maximum absolute atomic E-state index is 13.9. The van der Waals surface area contributed by atoms with Crippen LogP contribution >= 0.6 is 0 Å². The van der Waals surface area contributed by atoms with Crippen molar-refractivity contribution in [3.8, 4) is 33.9 Å². The van der Waals surface area contributed by atoms with E-state index in [-0.39, 0.29) is 23.9 Å². The van der Waals surface area contributed by atoms with E-state index in [4.69, 9.17) is 0 Å². The Morgan fingerprint density at radius 2 is 1.36 bits per heavy atom. The number of aromatic amines is 2. The van der Waals surface area contributed by atoms with Crippen molar-refractivity contribution >= 4 is 17.9 Å². The Balaban J connectivity index is 0.927. The molecule has 55 heavy (non-hydrogen) atoms. The summed E-state index contributed by atoms with van der Waals surface area (Å²) in [5.74, 6) is 1.77. The van der Waals surface area contributed by atoms with Crippen LogP contribution in [0, 0.1) is 0 Å². The number of carbonyl (C=O) groups excluding carboxylic acids is 2. The molecule has 6 heterocycles. The van der Waals surface area contributed by atoms with Gasteiger partial charge in [-0.2, -0.15) is 0 Å². The third kappa shape index (κ3) is 7.30. The van der Waals surface area contributed by atoms with E-state index < -0.39 is 12.1 Å². The predicted molar refractivity (Wildman–Crippen MR) is 203 cm³/mol. The van der Waals surface area contributed by atoms with Crippen LogP contribution in [0.3, 0.4) is 0 Å². The summed E-state index contributed by atoms with van der Waals surface area (Å²) in [6.07, 6.45) is 12.8. The van der Waals surface area contributed by atoms with Crippen LogP contribution < -0.4 is 0 Å². The van der Waals surface area contributed by atoms with E-state index in [1.165, 1.54) is 7.05 Å². The number of pyridine rings is 1. The summed E-state index contributed by atoms with van der Waals surface area (Å²) in [5, 5.41) is 9.77. The number of rotatable bonds is 10. The average molecular weight is 737 g/mol. The van der Waals surface area contributed by atoms with Crippen molar-refractivity contribution < 1.29 is 19.5 Å². The number of hydrogen-bond donors (Lipinski definition) is 3. The molecule has 0 aliphatic carbocycles. The minimum Gasteiger partial charge on any atom is -0.465 e. The molecule has 0 radical (unpaired) electrons. The second kappa shape index (κ2) is 15.3. The highest BCUT2D eigenvalue weighted by atomic mass is 16.4. The van der Waals surface area contributed by atoms with Crippen LogP contribution in [0.25, 0.3) is 33.9 Å². The van der Waals surface area contributed by atoms with Gasteiger partial charge in [0, 0.05) is 56.1 Å². The zero-order valence-electron chi connectivity index (χ0n) is 30.2. The van der Waals surface area contributed by atoms with Gasteiger partial charge in [0.05, 0.1) is 42.3 Å². The monoisotopic (exact) mass is 736 g/mol. The molecule has 0 bridgehead atoms. The molecule has 3 amide bonds. The molecule has 6 aromatic rings. The minimum absolute atomic E-state index is 0.0733. The van der Waals surface area contributed by atoms with Gasteiger partial charge in [-0.05, 0) is 48.4 Å². The van der Waals surface area contributed by atoms with Crippen molar-refractivity contribution in [2.75, 3.05) is 20.1 Å². The molecule has 2 aliphatic heterocycles. The topological polar surface area (TPSA) is 177 Å². The fourth-order valence-electron chi connectivity index (χ4n) is 7.60. The summed E-state index contributed by atoms with van der Waals surface area (Å²) in [5.41, 5.74) is 5.65. The molecular formula is C41H40N10O4. The van der Waals surface area contributed by atoms with E-state index in [9.17, 15) is 19.5 Å². The van der Waals surface area contributed by atoms with E-state index in [0.717, 1.165) is 57.9 Å². The number of aromatic nitrogens is 7. The molecule has 8 rings (SSSR count). The number of carboxylic acid groups (broad SMARTS) is 1. The average Bonchev–Trinajstić information content (AvgIpc) is 4.06. The number of amides is 3. The molecular weight excluding hydrogens is 697 g/mol. The number of benzene rings is 2. The number of likely N-dealkylation sites (tertiary alicyclic amines) is 2. The van der Waals surface area contributed by atoms with Crippen LogP contribution in [0.2, 0.25) is 0 Å². The molecule has 14 nitrogen and oxygen atoms in total. The maximum Gasteiger partial charge on any atom is 0.407 e. The summed E-state index contributed by atoms with van der Waals surface area (Å²) in [6.45, 7) is 1.21. The van der Waals surface area contributed by atoms with Crippen LogP contribution in [-0.4, -0.2) is 92.7 Å². The summed E-state index contributed by atoms with van der Waals surface area (Å²) in [6, 6.07) is 19.3. The van der Waals surface area contributed by atoms with E-state index in [2.05, 4.69) is 34.9 Å². The Morgan fingerprint density at radius 1 is 0.745 bits per heavy atom. The summed E-state index contributed by atoms with van der Waals surface area (Å²) < 4.78 is 0. The maximum atomic E-state index is 13.9. The number of hydrogen-bond acceptors (Lipinski definition) is 8. The SMILES string of the molecule is CN(C(=O)O)[C@@H](C(=O)N1CCC[C@H]1c1ncc(-c2cnc(-c3ccc(-c4cnc([C@@H]5CCCN5C(=O)Cc5cccnc5)[nH]4)cc3)nc2)[nH]1)c1ccccc1. The lowest BCUT2D eigenvalue weighted by molar-refractivity contribution is -0.137. The molecule has 2 aliphatic rings. The van der Waals surface area contributed by atoms with Crippen molar-refractivity contribution in [3.05, 3.63) is 127 Å². The Labute approximate surface area is 317 Å². The van der Waals surface area contributed by atoms with Crippen LogP contribution in [0.5, 0.6) is 0 Å². The van der Waals surface area contributed by atoms with Crippen LogP contribution in [-0.2, 0) is 16.0 Å². The Morgan fingerprint density at radius 3 is 2.00 bits per heavy atom. The van der Waals surface area contributed by atoms with Crippen LogP contribution in [0.4, 0.5) is 4.79 Å². The molecule has 3 atom stereocenters. The van der Waals surface area contributed by atoms with Gasteiger partial charge in [0.2, 0.25) is 5.91 Å². The highest BCUT2D eigenvalue weighted by Crippen LogP contribution is 2.36. The molecule has 2 saturated heterocycles. The first-order valence-electron chi connectivity index (χ1n) is 18.4. The van der Waals surface area contributed by atoms with Gasteiger partial charge in [-0.25, -0.2) is 24.7 Å². The highest BCUT2D eigenvalue weighted by molar-refractivity contribution is 5.87. The van der Waals surface area contributed by atoms with Crippen molar-refractivity contribution in [2.45, 2.75) is 50.2 Å². The Hall–Kier alpha value is -6.70. The predicted octanol–water partition coefficient (Wildman–Crippen LogP) is 6.24. The first-order chi connectivity index (χ1) is 26.8. The standard InChI is InChI=1S/C41H40N10O4/c1-49(41(54)55)36(28-9-3-2-4-10-28)40(53)51-19-7-12-34(51)39-46-25-32(48-39)30-22-43-37(44-23-30)29-15-13-27(14-16-29)31-24-45-38(47-31)33-11-6-18-50(33)35(52)20-26-8-5-17-42-21-26/h2-5,8-10,13-17,21-25,33-34,36H,6-7,11-12,18-20H2,1H3,(H,45,47)(H,46,48)(H,54,55)/t33-,34-,36+/m0/s1. The third-order valence-corrected chi connectivity index (χ3v) is 10.5. The van der Waals surface area contributed by atoms with E-state index >= 15 is 0 Å². The smallest absolute Gasteiger partial charge is 0.407 e. The third-order valence-electron chi connectivity index (χ3n) is 10.5. The summed E-state index contributed by atoms with van der Waals surface area (Å²) >= 11 is 0. The Kier molecular flexibility index (Phi) is 9.86. The molecule has 278 valence electrons. The summed E-state index contributed by atoms with van der Waals surface area (Å²) in [7, 11) is 1.42. The van der Waals surface area contributed by atoms with Gasteiger partial charge >= 0.3 is 6.09 Å². The molecule has 4 aromatic heterocycles. The van der Waals surface area contributed by atoms with Gasteiger partial charge in [-0.1, -0.05) is 60.7 Å². The normalized spacial score (nSPS) is 17.3. The summed E-state index contributed by atoms with van der Waals surface area (Å²) in [4.78, 5) is 73.2. The fraction of sp³-hybridized carbons (Fsp3) is 0.268. The Bertz CT molecular complexity index is 2280. The number of imidazole rings is 2. The lowest BCUT2D eigenvalue weighted by Crippen LogP contribution is -2.43. The minimum atomic E-state index is -1.18. The van der Waals surface area contributed by atoms with Gasteiger partial charge in [0.25, 0.3) is 5.91 Å². The second-order valence-corrected chi connectivity index (χ2v) is 13.9. The van der Waals surface area contributed by atoms with Gasteiger partial charge in [-0.3, -0.25) is 19.5 Å².